The molecule has 4 heteroatoms. The molecule has 0 bridgehead atoms. The van der Waals surface area contributed by atoms with Crippen LogP contribution in [0.2, 0.25) is 0 Å². The highest BCUT2D eigenvalue weighted by molar-refractivity contribution is 6.07. The van der Waals surface area contributed by atoms with Crippen LogP contribution in [0.1, 0.15) is 18.9 Å². The number of carbonyl (C=O) groups is 2. The fourth-order valence-electron chi connectivity index (χ4n) is 2.86. The molecule has 2 aliphatic heterocycles. The van der Waals surface area contributed by atoms with E-state index in [0.717, 1.165) is 17.7 Å². The van der Waals surface area contributed by atoms with E-state index in [4.69, 9.17) is 0 Å². The molecule has 88 valence electrons. The molecule has 0 unspecified atom stereocenters. The number of rotatable bonds is 0. The van der Waals surface area contributed by atoms with Crippen molar-refractivity contribution in [2.75, 3.05) is 18.4 Å². The Morgan fingerprint density at radius 1 is 1.41 bits per heavy atom. The minimum absolute atomic E-state index is 0.0300. The molecular weight excluding hydrogens is 216 g/mol. The highest BCUT2D eigenvalue weighted by Crippen LogP contribution is 2.43. The van der Waals surface area contributed by atoms with Gasteiger partial charge in [-0.25, -0.2) is 0 Å². The van der Waals surface area contributed by atoms with Crippen molar-refractivity contribution in [3.63, 3.8) is 0 Å². The van der Waals surface area contributed by atoms with Gasteiger partial charge in [-0.1, -0.05) is 18.2 Å². The van der Waals surface area contributed by atoms with Gasteiger partial charge in [0.2, 0.25) is 11.8 Å². The predicted molar refractivity (Wildman–Crippen MR) is 63.6 cm³/mol. The molecule has 2 amide bonds. The van der Waals surface area contributed by atoms with Crippen molar-refractivity contribution in [1.82, 2.24) is 4.90 Å². The van der Waals surface area contributed by atoms with Gasteiger partial charge in [-0.3, -0.25) is 9.59 Å². The zero-order chi connectivity index (χ0) is 12.0. The molecule has 1 aromatic carbocycles. The van der Waals surface area contributed by atoms with Crippen LogP contribution < -0.4 is 5.32 Å². The number of benzene rings is 1. The molecule has 0 saturated carbocycles. The number of amides is 2. The van der Waals surface area contributed by atoms with Crippen LogP contribution in [-0.4, -0.2) is 29.8 Å². The summed E-state index contributed by atoms with van der Waals surface area (Å²) in [6, 6.07) is 7.75. The van der Waals surface area contributed by atoms with Gasteiger partial charge in [0, 0.05) is 25.7 Å². The van der Waals surface area contributed by atoms with Crippen LogP contribution in [0.3, 0.4) is 0 Å². The van der Waals surface area contributed by atoms with Crippen molar-refractivity contribution in [2.24, 2.45) is 0 Å². The molecule has 2 heterocycles. The second-order valence-electron chi connectivity index (χ2n) is 4.77. The highest BCUT2D eigenvalue weighted by Gasteiger charge is 2.51. The van der Waals surface area contributed by atoms with E-state index in [9.17, 15) is 9.59 Å². The molecule has 0 aliphatic carbocycles. The van der Waals surface area contributed by atoms with Crippen molar-refractivity contribution < 1.29 is 9.59 Å². The van der Waals surface area contributed by atoms with Gasteiger partial charge in [-0.05, 0) is 18.1 Å². The number of nitrogens with zero attached hydrogens (tertiary/aromatic N) is 1. The predicted octanol–water partition coefficient (Wildman–Crippen LogP) is 1.13. The van der Waals surface area contributed by atoms with Crippen molar-refractivity contribution in [3.8, 4) is 0 Å². The summed E-state index contributed by atoms with van der Waals surface area (Å²) in [5.74, 6) is 0.0708. The third-order valence-electron chi connectivity index (χ3n) is 3.84. The van der Waals surface area contributed by atoms with E-state index in [1.807, 2.05) is 24.3 Å². The maximum atomic E-state index is 12.2. The van der Waals surface area contributed by atoms with E-state index in [1.54, 1.807) is 11.8 Å². The summed E-state index contributed by atoms with van der Waals surface area (Å²) < 4.78 is 0. The van der Waals surface area contributed by atoms with Crippen LogP contribution in [0.5, 0.6) is 0 Å². The maximum Gasteiger partial charge on any atom is 0.236 e. The summed E-state index contributed by atoms with van der Waals surface area (Å²) in [6.07, 6.45) is 0.718. The number of hydrogen-bond acceptors (Lipinski definition) is 2. The third-order valence-corrected chi connectivity index (χ3v) is 3.84. The average Bonchev–Trinajstić information content (AvgIpc) is 2.85. The van der Waals surface area contributed by atoms with Gasteiger partial charge in [-0.2, -0.15) is 0 Å². The minimum atomic E-state index is -0.512. The summed E-state index contributed by atoms with van der Waals surface area (Å²) in [6.45, 7) is 2.72. The lowest BCUT2D eigenvalue weighted by Gasteiger charge is -2.21. The van der Waals surface area contributed by atoms with Gasteiger partial charge in [0.25, 0.3) is 0 Å². The number of fused-ring (bicyclic) bond motifs is 2. The topological polar surface area (TPSA) is 49.4 Å². The lowest BCUT2D eigenvalue weighted by atomic mass is 9.81. The summed E-state index contributed by atoms with van der Waals surface area (Å²) in [4.78, 5) is 25.3. The quantitative estimate of drug-likeness (QED) is 0.726. The Balaban J connectivity index is 2.04. The monoisotopic (exact) mass is 230 g/mol. The van der Waals surface area contributed by atoms with Gasteiger partial charge in [0.15, 0.2) is 0 Å². The second-order valence-corrected chi connectivity index (χ2v) is 4.77. The summed E-state index contributed by atoms with van der Waals surface area (Å²) in [7, 11) is 0. The van der Waals surface area contributed by atoms with Crippen molar-refractivity contribution in [2.45, 2.75) is 18.8 Å². The molecular formula is C13H14N2O2. The van der Waals surface area contributed by atoms with E-state index in [1.165, 1.54) is 0 Å². The normalized spacial score (nSPS) is 26.2. The molecule has 3 rings (SSSR count). The first-order valence-electron chi connectivity index (χ1n) is 5.80. The van der Waals surface area contributed by atoms with Crippen LogP contribution in [0.4, 0.5) is 5.69 Å². The van der Waals surface area contributed by atoms with Gasteiger partial charge >= 0.3 is 0 Å². The largest absolute Gasteiger partial charge is 0.341 e. The fraction of sp³-hybridized carbons (Fsp3) is 0.385. The first kappa shape index (κ1) is 10.3. The molecule has 1 saturated heterocycles. The van der Waals surface area contributed by atoms with Gasteiger partial charge < -0.3 is 10.2 Å². The van der Waals surface area contributed by atoms with Crippen LogP contribution in [0, 0.1) is 0 Å². The lowest BCUT2D eigenvalue weighted by molar-refractivity contribution is -0.128. The van der Waals surface area contributed by atoms with E-state index < -0.39 is 5.41 Å². The van der Waals surface area contributed by atoms with Gasteiger partial charge in [-0.15, -0.1) is 0 Å². The van der Waals surface area contributed by atoms with E-state index in [2.05, 4.69) is 5.32 Å². The number of nitrogens with one attached hydrogen (secondary N) is 1. The average molecular weight is 230 g/mol. The number of para-hydroxylation sites is 1. The molecule has 1 N–H and O–H groups in total. The summed E-state index contributed by atoms with van der Waals surface area (Å²) in [5.41, 5.74) is 1.42. The number of hydrogen-bond donors (Lipinski definition) is 1. The zero-order valence-electron chi connectivity index (χ0n) is 9.69. The summed E-state index contributed by atoms with van der Waals surface area (Å²) in [5, 5.41) is 2.91. The molecule has 0 radical (unpaired) electrons. The molecule has 0 aromatic heterocycles. The number of likely N-dealkylation sites (tertiary alicyclic amines) is 1. The molecule has 1 aromatic rings. The minimum Gasteiger partial charge on any atom is -0.341 e. The molecule has 1 fully saturated rings. The van der Waals surface area contributed by atoms with Gasteiger partial charge in [0.05, 0.1) is 5.41 Å². The van der Waals surface area contributed by atoms with Crippen LogP contribution in [-0.2, 0) is 15.0 Å². The van der Waals surface area contributed by atoms with Crippen LogP contribution in [0.15, 0.2) is 24.3 Å². The summed E-state index contributed by atoms with van der Waals surface area (Å²) >= 11 is 0. The highest BCUT2D eigenvalue weighted by atomic mass is 16.2. The molecule has 4 nitrogen and oxygen atoms in total. The SMILES string of the molecule is CC(=O)N1CC[C@]2(C1)C(=O)Nc1ccccc12. The Bertz CT molecular complexity index is 512. The standard InChI is InChI=1S/C13H14N2O2/c1-9(16)15-7-6-13(8-15)10-4-2-3-5-11(10)14-12(13)17/h2-5H,6-8H2,1H3,(H,14,17)/t13-/m1/s1. The number of carbonyl (C=O) groups excluding carboxylic acids is 2. The fourth-order valence-corrected chi connectivity index (χ4v) is 2.86. The lowest BCUT2D eigenvalue weighted by Crippen LogP contribution is -2.38. The van der Waals surface area contributed by atoms with E-state index in [0.29, 0.717) is 13.1 Å². The van der Waals surface area contributed by atoms with E-state index in [-0.39, 0.29) is 11.8 Å². The Labute approximate surface area is 99.6 Å². The van der Waals surface area contributed by atoms with Crippen molar-refractivity contribution >= 4 is 17.5 Å². The van der Waals surface area contributed by atoms with E-state index >= 15 is 0 Å². The van der Waals surface area contributed by atoms with Crippen LogP contribution in [0.25, 0.3) is 0 Å². The molecule has 1 atom stereocenters. The number of anilines is 1. The zero-order valence-corrected chi connectivity index (χ0v) is 9.69. The second kappa shape index (κ2) is 3.32. The van der Waals surface area contributed by atoms with Crippen LogP contribution >= 0.6 is 0 Å². The maximum absolute atomic E-state index is 12.2. The Morgan fingerprint density at radius 2 is 2.18 bits per heavy atom. The van der Waals surface area contributed by atoms with Gasteiger partial charge in [0.1, 0.15) is 0 Å². The Hall–Kier alpha value is -1.84. The smallest absolute Gasteiger partial charge is 0.236 e. The molecule has 17 heavy (non-hydrogen) atoms. The van der Waals surface area contributed by atoms with Crippen molar-refractivity contribution in [3.05, 3.63) is 29.8 Å². The molecule has 1 spiro atoms. The molecule has 2 aliphatic rings. The Kier molecular flexibility index (Phi) is 2.02. The Morgan fingerprint density at radius 3 is 2.88 bits per heavy atom. The first-order chi connectivity index (χ1) is 8.13. The third kappa shape index (κ3) is 1.30. The van der Waals surface area contributed by atoms with Crippen molar-refractivity contribution in [1.29, 1.82) is 0 Å². The first-order valence-corrected chi connectivity index (χ1v) is 5.80.